The Bertz CT molecular complexity index is 1090. The summed E-state index contributed by atoms with van der Waals surface area (Å²) in [5.41, 5.74) is 4.07. The summed E-state index contributed by atoms with van der Waals surface area (Å²) in [7, 11) is 0. The minimum Gasteiger partial charge on any atom is -0.350 e. The van der Waals surface area contributed by atoms with E-state index in [-0.39, 0.29) is 11.7 Å². The molecule has 4 rings (SSSR count). The van der Waals surface area contributed by atoms with Crippen LogP contribution in [0, 0.1) is 0 Å². The molecule has 0 bridgehead atoms. The van der Waals surface area contributed by atoms with Crippen molar-refractivity contribution in [1.29, 1.82) is 0 Å². The van der Waals surface area contributed by atoms with Crippen LogP contribution in [0.15, 0.2) is 41.6 Å². The standard InChI is InChI=1S/C18H13ClF3N5O/c19-10-2-3-12-11(7-10)15-13(5-6-23-17(28)16(15)25-12)26-27-14-4-1-9(8-24-14)18(20,21)22/h1-4,7-8,25H,5-6H2,(H,23,28)(H,24,27). The zero-order valence-electron chi connectivity index (χ0n) is 14.2. The van der Waals surface area contributed by atoms with Crippen LogP contribution in [0.25, 0.3) is 10.9 Å². The molecule has 1 aliphatic rings. The minimum atomic E-state index is -4.46. The highest BCUT2D eigenvalue weighted by Gasteiger charge is 2.30. The third-order valence-corrected chi connectivity index (χ3v) is 4.55. The number of hydrogen-bond acceptors (Lipinski definition) is 4. The van der Waals surface area contributed by atoms with E-state index < -0.39 is 11.7 Å². The predicted octanol–water partition coefficient (Wildman–Crippen LogP) is 4.18. The molecule has 1 amide bonds. The number of pyridine rings is 1. The number of nitrogens with one attached hydrogen (secondary N) is 3. The molecule has 0 unspecified atom stereocenters. The van der Waals surface area contributed by atoms with Crippen LogP contribution in [0.1, 0.15) is 28.0 Å². The maximum atomic E-state index is 12.6. The fraction of sp³-hybridized carbons (Fsp3) is 0.167. The zero-order valence-corrected chi connectivity index (χ0v) is 14.9. The van der Waals surface area contributed by atoms with Crippen LogP contribution >= 0.6 is 11.6 Å². The maximum Gasteiger partial charge on any atom is 0.417 e. The minimum absolute atomic E-state index is 0.156. The average molecular weight is 408 g/mol. The van der Waals surface area contributed by atoms with Gasteiger partial charge in [0.05, 0.1) is 11.3 Å². The van der Waals surface area contributed by atoms with Gasteiger partial charge >= 0.3 is 6.18 Å². The molecule has 0 spiro atoms. The molecular weight excluding hydrogens is 395 g/mol. The first-order valence-electron chi connectivity index (χ1n) is 8.28. The Morgan fingerprint density at radius 2 is 2.04 bits per heavy atom. The van der Waals surface area contributed by atoms with Gasteiger partial charge in [-0.25, -0.2) is 4.98 Å². The number of fused-ring (bicyclic) bond motifs is 3. The van der Waals surface area contributed by atoms with E-state index in [4.69, 9.17) is 11.6 Å². The Labute approximate surface area is 161 Å². The molecular formula is C18H13ClF3N5O. The number of rotatable bonds is 2. The van der Waals surface area contributed by atoms with E-state index in [2.05, 4.69) is 25.8 Å². The number of amides is 1. The number of carbonyl (C=O) groups is 1. The lowest BCUT2D eigenvalue weighted by atomic mass is 10.0. The summed E-state index contributed by atoms with van der Waals surface area (Å²) in [5.74, 6) is -0.108. The van der Waals surface area contributed by atoms with Crippen molar-refractivity contribution < 1.29 is 18.0 Å². The number of benzene rings is 1. The number of aromatic amines is 1. The highest BCUT2D eigenvalue weighted by atomic mass is 35.5. The fourth-order valence-corrected chi connectivity index (χ4v) is 3.18. The smallest absolute Gasteiger partial charge is 0.350 e. The first-order valence-corrected chi connectivity index (χ1v) is 8.66. The molecule has 28 heavy (non-hydrogen) atoms. The van der Waals surface area contributed by atoms with E-state index in [0.717, 1.165) is 23.2 Å². The van der Waals surface area contributed by atoms with Gasteiger partial charge in [0, 0.05) is 40.7 Å². The van der Waals surface area contributed by atoms with Crippen molar-refractivity contribution in [3.63, 3.8) is 0 Å². The van der Waals surface area contributed by atoms with E-state index >= 15 is 0 Å². The van der Waals surface area contributed by atoms with Gasteiger partial charge in [-0.2, -0.15) is 18.3 Å². The molecule has 0 saturated heterocycles. The Morgan fingerprint density at radius 1 is 1.21 bits per heavy atom. The Balaban J connectivity index is 1.72. The summed E-state index contributed by atoms with van der Waals surface area (Å²) < 4.78 is 37.9. The van der Waals surface area contributed by atoms with Gasteiger partial charge in [0.15, 0.2) is 0 Å². The number of nitrogens with zero attached hydrogens (tertiary/aromatic N) is 2. The number of hydrogen-bond donors (Lipinski definition) is 3. The highest BCUT2D eigenvalue weighted by molar-refractivity contribution is 6.32. The van der Waals surface area contributed by atoms with Crippen LogP contribution < -0.4 is 10.7 Å². The molecule has 0 aliphatic carbocycles. The monoisotopic (exact) mass is 407 g/mol. The van der Waals surface area contributed by atoms with Crippen LogP contribution in [0.5, 0.6) is 0 Å². The summed E-state index contributed by atoms with van der Waals surface area (Å²) in [6.45, 7) is 0.365. The van der Waals surface area contributed by atoms with Gasteiger partial charge in [0.1, 0.15) is 11.5 Å². The van der Waals surface area contributed by atoms with Crippen molar-refractivity contribution in [3.8, 4) is 0 Å². The topological polar surface area (TPSA) is 82.2 Å². The van der Waals surface area contributed by atoms with Gasteiger partial charge < -0.3 is 10.3 Å². The van der Waals surface area contributed by atoms with Crippen LogP contribution in [0.2, 0.25) is 5.02 Å². The van der Waals surface area contributed by atoms with Crippen LogP contribution in [-0.2, 0) is 6.18 Å². The van der Waals surface area contributed by atoms with Crippen molar-refractivity contribution in [2.45, 2.75) is 12.6 Å². The van der Waals surface area contributed by atoms with Crippen molar-refractivity contribution >= 4 is 39.9 Å². The zero-order chi connectivity index (χ0) is 19.9. The molecule has 0 fully saturated rings. The van der Waals surface area contributed by atoms with Crippen molar-refractivity contribution in [3.05, 3.63) is 58.4 Å². The second kappa shape index (κ2) is 6.83. The third-order valence-electron chi connectivity index (χ3n) is 4.32. The lowest BCUT2D eigenvalue weighted by Gasteiger charge is -2.08. The fourth-order valence-electron chi connectivity index (χ4n) is 3.01. The average Bonchev–Trinajstić information content (AvgIpc) is 2.95. The summed E-state index contributed by atoms with van der Waals surface area (Å²) in [5, 5.41) is 8.32. The van der Waals surface area contributed by atoms with Gasteiger partial charge in [-0.15, -0.1) is 0 Å². The molecule has 3 aromatic rings. The number of aromatic nitrogens is 2. The van der Waals surface area contributed by atoms with Gasteiger partial charge in [-0.3, -0.25) is 10.2 Å². The molecule has 6 nitrogen and oxygen atoms in total. The molecule has 3 heterocycles. The Hall–Kier alpha value is -3.07. The summed E-state index contributed by atoms with van der Waals surface area (Å²) in [4.78, 5) is 19.1. The number of halogens is 4. The van der Waals surface area contributed by atoms with Gasteiger partial charge in [0.25, 0.3) is 5.91 Å². The van der Waals surface area contributed by atoms with Gasteiger partial charge in [-0.05, 0) is 30.3 Å². The lowest BCUT2D eigenvalue weighted by Crippen LogP contribution is -2.23. The van der Waals surface area contributed by atoms with Gasteiger partial charge in [-0.1, -0.05) is 11.6 Å². The summed E-state index contributed by atoms with van der Waals surface area (Å²) in [6, 6.07) is 7.32. The summed E-state index contributed by atoms with van der Waals surface area (Å²) >= 11 is 6.10. The van der Waals surface area contributed by atoms with Crippen LogP contribution in [-0.4, -0.2) is 28.1 Å². The normalized spacial score (nSPS) is 16.0. The van der Waals surface area contributed by atoms with E-state index in [1.165, 1.54) is 6.07 Å². The molecule has 0 saturated carbocycles. The van der Waals surface area contributed by atoms with Crippen molar-refractivity contribution in [2.75, 3.05) is 12.0 Å². The van der Waals surface area contributed by atoms with E-state index in [0.29, 0.717) is 35.0 Å². The number of H-pyrrole nitrogens is 1. The highest BCUT2D eigenvalue weighted by Crippen LogP contribution is 2.30. The SMILES string of the molecule is O=C1NCCC(=NNc2ccc(C(F)(F)F)cn2)c2c1[nH]c1ccc(Cl)cc21. The molecule has 0 radical (unpaired) electrons. The van der Waals surface area contributed by atoms with Crippen molar-refractivity contribution in [2.24, 2.45) is 5.10 Å². The van der Waals surface area contributed by atoms with Gasteiger partial charge in [0.2, 0.25) is 0 Å². The second-order valence-corrected chi connectivity index (χ2v) is 6.61. The molecule has 0 atom stereocenters. The quantitative estimate of drug-likeness (QED) is 0.557. The number of alkyl halides is 3. The molecule has 1 aliphatic heterocycles. The van der Waals surface area contributed by atoms with E-state index in [1.54, 1.807) is 18.2 Å². The largest absolute Gasteiger partial charge is 0.417 e. The Morgan fingerprint density at radius 3 is 2.75 bits per heavy atom. The molecule has 3 N–H and O–H groups in total. The van der Waals surface area contributed by atoms with Crippen molar-refractivity contribution in [1.82, 2.24) is 15.3 Å². The number of carbonyl (C=O) groups excluding carboxylic acids is 1. The molecule has 144 valence electrons. The van der Waals surface area contributed by atoms with E-state index in [1.807, 2.05) is 0 Å². The second-order valence-electron chi connectivity index (χ2n) is 6.17. The molecule has 10 heteroatoms. The van der Waals surface area contributed by atoms with Crippen LogP contribution in [0.3, 0.4) is 0 Å². The number of hydrazone groups is 1. The van der Waals surface area contributed by atoms with Crippen LogP contribution in [0.4, 0.5) is 19.0 Å². The maximum absolute atomic E-state index is 12.6. The Kier molecular flexibility index (Phi) is 4.46. The summed E-state index contributed by atoms with van der Waals surface area (Å²) in [6.07, 6.45) is -3.30. The molecule has 2 aromatic heterocycles. The lowest BCUT2D eigenvalue weighted by molar-refractivity contribution is -0.137. The predicted molar refractivity (Wildman–Crippen MR) is 99.7 cm³/mol. The first kappa shape index (κ1) is 18.3. The molecule has 1 aromatic carbocycles. The van der Waals surface area contributed by atoms with E-state index in [9.17, 15) is 18.0 Å². The third kappa shape index (κ3) is 3.40. The number of anilines is 1. The first-order chi connectivity index (χ1) is 13.3.